The molecule has 4 nitrogen and oxygen atoms in total. The molecule has 0 fully saturated rings. The normalized spacial score (nSPS) is 10.2. The molecule has 0 saturated heterocycles. The van der Waals surface area contributed by atoms with E-state index in [4.69, 9.17) is 10.5 Å². The number of amides is 1. The molecule has 0 unspecified atom stereocenters. The number of rotatable bonds is 7. The Balaban J connectivity index is 1.69. The minimum Gasteiger partial charge on any atom is -0.497 e. The van der Waals surface area contributed by atoms with Gasteiger partial charge >= 0.3 is 0 Å². The molecule has 0 radical (unpaired) electrons. The number of anilines is 1. The summed E-state index contributed by atoms with van der Waals surface area (Å²) < 4.78 is 5.12. The van der Waals surface area contributed by atoms with Crippen LogP contribution in [0.25, 0.3) is 0 Å². The number of benzene rings is 2. The van der Waals surface area contributed by atoms with E-state index in [1.165, 1.54) is 5.56 Å². The molecular formula is C18H22N2O2. The van der Waals surface area contributed by atoms with Gasteiger partial charge in [-0.1, -0.05) is 24.3 Å². The minimum atomic E-state index is 0.0657. The fourth-order valence-electron chi connectivity index (χ4n) is 2.23. The molecule has 0 aliphatic carbocycles. The Morgan fingerprint density at radius 3 is 2.55 bits per heavy atom. The van der Waals surface area contributed by atoms with Crippen LogP contribution in [0.1, 0.15) is 17.5 Å². The SMILES string of the molecule is COc1ccc(CCNC(=O)CCc2cccc(N)c2)cc1. The van der Waals surface area contributed by atoms with Gasteiger partial charge in [0.25, 0.3) is 0 Å². The summed E-state index contributed by atoms with van der Waals surface area (Å²) in [6, 6.07) is 15.5. The maximum Gasteiger partial charge on any atom is 0.220 e. The van der Waals surface area contributed by atoms with Gasteiger partial charge in [0.15, 0.2) is 0 Å². The molecule has 2 aromatic rings. The molecule has 0 aromatic heterocycles. The van der Waals surface area contributed by atoms with Crippen LogP contribution >= 0.6 is 0 Å². The minimum absolute atomic E-state index is 0.0657. The van der Waals surface area contributed by atoms with E-state index >= 15 is 0 Å². The zero-order valence-corrected chi connectivity index (χ0v) is 12.8. The molecule has 0 heterocycles. The average molecular weight is 298 g/mol. The smallest absolute Gasteiger partial charge is 0.220 e. The maximum atomic E-state index is 11.8. The second-order valence-corrected chi connectivity index (χ2v) is 5.19. The highest BCUT2D eigenvalue weighted by molar-refractivity contribution is 5.76. The van der Waals surface area contributed by atoms with Crippen molar-refractivity contribution in [2.45, 2.75) is 19.3 Å². The van der Waals surface area contributed by atoms with E-state index in [2.05, 4.69) is 5.32 Å². The van der Waals surface area contributed by atoms with Crippen molar-refractivity contribution >= 4 is 11.6 Å². The molecular weight excluding hydrogens is 276 g/mol. The van der Waals surface area contributed by atoms with Crippen LogP contribution in [-0.2, 0) is 17.6 Å². The number of hydrogen-bond acceptors (Lipinski definition) is 3. The van der Waals surface area contributed by atoms with Crippen LogP contribution in [0.5, 0.6) is 5.75 Å². The molecule has 0 atom stereocenters. The van der Waals surface area contributed by atoms with E-state index in [1.54, 1.807) is 7.11 Å². The third kappa shape index (κ3) is 5.13. The lowest BCUT2D eigenvalue weighted by Crippen LogP contribution is -2.25. The third-order valence-electron chi connectivity index (χ3n) is 3.49. The van der Waals surface area contributed by atoms with E-state index in [9.17, 15) is 4.79 Å². The molecule has 0 aliphatic heterocycles. The highest BCUT2D eigenvalue weighted by atomic mass is 16.5. The van der Waals surface area contributed by atoms with Crippen molar-refractivity contribution in [1.82, 2.24) is 5.32 Å². The van der Waals surface area contributed by atoms with Crippen molar-refractivity contribution in [2.24, 2.45) is 0 Å². The number of carbonyl (C=O) groups excluding carboxylic acids is 1. The number of carbonyl (C=O) groups is 1. The predicted octanol–water partition coefficient (Wildman–Crippen LogP) is 2.57. The lowest BCUT2D eigenvalue weighted by Gasteiger charge is -2.07. The molecule has 0 spiro atoms. The second-order valence-electron chi connectivity index (χ2n) is 5.19. The van der Waals surface area contributed by atoms with Crippen molar-refractivity contribution in [1.29, 1.82) is 0 Å². The Labute approximate surface area is 131 Å². The standard InChI is InChI=1S/C18H22N2O2/c1-22-17-8-5-14(6-9-17)11-12-20-18(21)10-7-15-3-2-4-16(19)13-15/h2-6,8-9,13H,7,10-12,19H2,1H3,(H,20,21). The Hall–Kier alpha value is -2.49. The van der Waals surface area contributed by atoms with Crippen LogP contribution in [0.15, 0.2) is 48.5 Å². The van der Waals surface area contributed by atoms with E-state index in [1.807, 2.05) is 48.5 Å². The van der Waals surface area contributed by atoms with Crippen molar-refractivity contribution in [2.75, 3.05) is 19.4 Å². The third-order valence-corrected chi connectivity index (χ3v) is 3.49. The molecule has 3 N–H and O–H groups in total. The topological polar surface area (TPSA) is 64.3 Å². The summed E-state index contributed by atoms with van der Waals surface area (Å²) in [7, 11) is 1.65. The van der Waals surface area contributed by atoms with Gasteiger partial charge in [-0.15, -0.1) is 0 Å². The van der Waals surface area contributed by atoms with Gasteiger partial charge in [0, 0.05) is 18.7 Å². The van der Waals surface area contributed by atoms with Gasteiger partial charge in [-0.05, 0) is 48.2 Å². The zero-order valence-electron chi connectivity index (χ0n) is 12.8. The van der Waals surface area contributed by atoms with Crippen LogP contribution in [-0.4, -0.2) is 19.6 Å². The van der Waals surface area contributed by atoms with Crippen LogP contribution in [0.3, 0.4) is 0 Å². The number of hydrogen-bond donors (Lipinski definition) is 2. The maximum absolute atomic E-state index is 11.8. The fourth-order valence-corrected chi connectivity index (χ4v) is 2.23. The highest BCUT2D eigenvalue weighted by Crippen LogP contribution is 2.11. The van der Waals surface area contributed by atoms with Crippen molar-refractivity contribution in [3.05, 3.63) is 59.7 Å². The van der Waals surface area contributed by atoms with E-state index in [0.29, 0.717) is 19.4 Å². The molecule has 22 heavy (non-hydrogen) atoms. The van der Waals surface area contributed by atoms with E-state index in [-0.39, 0.29) is 5.91 Å². The Bertz CT molecular complexity index is 609. The monoisotopic (exact) mass is 298 g/mol. The summed E-state index contributed by atoms with van der Waals surface area (Å²) in [5, 5.41) is 2.94. The van der Waals surface area contributed by atoms with Gasteiger partial charge in [-0.25, -0.2) is 0 Å². The van der Waals surface area contributed by atoms with Crippen LogP contribution in [0.4, 0.5) is 5.69 Å². The number of methoxy groups -OCH3 is 1. The summed E-state index contributed by atoms with van der Waals surface area (Å²) in [6.07, 6.45) is 2.00. The molecule has 2 rings (SSSR count). The van der Waals surface area contributed by atoms with Crippen LogP contribution in [0, 0.1) is 0 Å². The molecule has 2 aromatic carbocycles. The first-order valence-electron chi connectivity index (χ1n) is 7.41. The highest BCUT2D eigenvalue weighted by Gasteiger charge is 2.02. The van der Waals surface area contributed by atoms with E-state index < -0.39 is 0 Å². The fraction of sp³-hybridized carbons (Fsp3) is 0.278. The number of nitrogens with two attached hydrogens (primary N) is 1. The zero-order chi connectivity index (χ0) is 15.8. The van der Waals surface area contributed by atoms with Crippen LogP contribution in [0.2, 0.25) is 0 Å². The summed E-state index contributed by atoms with van der Waals surface area (Å²) in [4.78, 5) is 11.8. The lowest BCUT2D eigenvalue weighted by atomic mass is 10.1. The predicted molar refractivity (Wildman–Crippen MR) is 88.9 cm³/mol. The molecule has 0 aliphatic rings. The largest absolute Gasteiger partial charge is 0.497 e. The van der Waals surface area contributed by atoms with Gasteiger partial charge in [0.1, 0.15) is 5.75 Å². The Morgan fingerprint density at radius 2 is 1.86 bits per heavy atom. The summed E-state index contributed by atoms with van der Waals surface area (Å²) in [6.45, 7) is 0.641. The van der Waals surface area contributed by atoms with Gasteiger partial charge in [0.05, 0.1) is 7.11 Å². The molecule has 0 saturated carbocycles. The van der Waals surface area contributed by atoms with Gasteiger partial charge < -0.3 is 15.8 Å². The summed E-state index contributed by atoms with van der Waals surface area (Å²) in [5.41, 5.74) is 8.72. The average Bonchev–Trinajstić information content (AvgIpc) is 2.54. The molecule has 4 heteroatoms. The number of nitrogen functional groups attached to an aromatic ring is 1. The van der Waals surface area contributed by atoms with Gasteiger partial charge in [-0.2, -0.15) is 0 Å². The number of ether oxygens (including phenoxy) is 1. The van der Waals surface area contributed by atoms with Crippen molar-refractivity contribution in [3.8, 4) is 5.75 Å². The molecule has 1 amide bonds. The first-order valence-corrected chi connectivity index (χ1v) is 7.41. The Kier molecular flexibility index (Phi) is 5.83. The van der Waals surface area contributed by atoms with Gasteiger partial charge in [0.2, 0.25) is 5.91 Å². The van der Waals surface area contributed by atoms with Crippen molar-refractivity contribution in [3.63, 3.8) is 0 Å². The number of aryl methyl sites for hydroxylation is 1. The summed E-state index contributed by atoms with van der Waals surface area (Å²) >= 11 is 0. The lowest BCUT2D eigenvalue weighted by molar-refractivity contribution is -0.121. The molecule has 116 valence electrons. The quantitative estimate of drug-likeness (QED) is 0.772. The number of nitrogens with one attached hydrogen (secondary N) is 1. The first-order chi connectivity index (χ1) is 10.7. The molecule has 0 bridgehead atoms. The van der Waals surface area contributed by atoms with Crippen LogP contribution < -0.4 is 15.8 Å². The van der Waals surface area contributed by atoms with Crippen molar-refractivity contribution < 1.29 is 9.53 Å². The second kappa shape index (κ2) is 8.08. The summed E-state index contributed by atoms with van der Waals surface area (Å²) in [5.74, 6) is 0.908. The van der Waals surface area contributed by atoms with Gasteiger partial charge in [-0.3, -0.25) is 4.79 Å². The Morgan fingerprint density at radius 1 is 1.09 bits per heavy atom. The van der Waals surface area contributed by atoms with E-state index in [0.717, 1.165) is 23.4 Å². The first kappa shape index (κ1) is 15.9.